The quantitative estimate of drug-likeness (QED) is 0.677. The molecular weight excluding hydrogens is 196 g/mol. The maximum absolute atomic E-state index is 11.5. The lowest BCUT2D eigenvalue weighted by molar-refractivity contribution is -0.143. The van der Waals surface area contributed by atoms with Crippen molar-refractivity contribution in [1.82, 2.24) is 4.90 Å². The van der Waals surface area contributed by atoms with Crippen LogP contribution in [0.25, 0.3) is 0 Å². The zero-order chi connectivity index (χ0) is 11.4. The molecule has 1 saturated heterocycles. The molecule has 0 atom stereocenters. The van der Waals surface area contributed by atoms with Crippen LogP contribution in [0.5, 0.6) is 0 Å². The summed E-state index contributed by atoms with van der Waals surface area (Å²) >= 11 is 0. The second-order valence-corrected chi connectivity index (χ2v) is 4.25. The molecular formula is C10H18N2O3. The summed E-state index contributed by atoms with van der Waals surface area (Å²) in [5, 5.41) is 0. The number of rotatable bonds is 5. The molecule has 0 aromatic rings. The second kappa shape index (κ2) is 5.11. The third kappa shape index (κ3) is 3.51. The van der Waals surface area contributed by atoms with Crippen molar-refractivity contribution < 1.29 is 14.3 Å². The smallest absolute Gasteiger partial charge is 0.243 e. The van der Waals surface area contributed by atoms with E-state index in [2.05, 4.69) is 0 Å². The third-order valence-electron chi connectivity index (χ3n) is 2.36. The van der Waals surface area contributed by atoms with Crippen molar-refractivity contribution in [3.05, 3.63) is 0 Å². The van der Waals surface area contributed by atoms with Crippen LogP contribution in [-0.4, -0.2) is 43.0 Å². The van der Waals surface area contributed by atoms with E-state index >= 15 is 0 Å². The van der Waals surface area contributed by atoms with E-state index in [-0.39, 0.29) is 18.4 Å². The lowest BCUT2D eigenvalue weighted by atomic mass is 9.99. The Hall–Kier alpha value is -1.10. The summed E-state index contributed by atoms with van der Waals surface area (Å²) in [6, 6.07) is 0. The van der Waals surface area contributed by atoms with Crippen molar-refractivity contribution >= 4 is 11.8 Å². The van der Waals surface area contributed by atoms with Crippen LogP contribution in [-0.2, 0) is 14.3 Å². The lowest BCUT2D eigenvalue weighted by Gasteiger charge is -2.40. The molecule has 86 valence electrons. The molecule has 0 unspecified atom stereocenters. The van der Waals surface area contributed by atoms with Gasteiger partial charge in [0.1, 0.15) is 6.61 Å². The molecule has 1 rings (SSSR count). The minimum absolute atomic E-state index is 0.0331. The van der Waals surface area contributed by atoms with Gasteiger partial charge in [0.2, 0.25) is 11.8 Å². The summed E-state index contributed by atoms with van der Waals surface area (Å²) in [6.45, 7) is 5.71. The monoisotopic (exact) mass is 214 g/mol. The first-order valence-electron chi connectivity index (χ1n) is 5.15. The van der Waals surface area contributed by atoms with Gasteiger partial charge in [-0.3, -0.25) is 9.59 Å². The number of ether oxygens (including phenoxy) is 1. The van der Waals surface area contributed by atoms with Gasteiger partial charge in [0.05, 0.1) is 6.61 Å². The van der Waals surface area contributed by atoms with Crippen molar-refractivity contribution in [1.29, 1.82) is 0 Å². The molecule has 0 aromatic heterocycles. The summed E-state index contributed by atoms with van der Waals surface area (Å²) < 4.78 is 5.08. The average molecular weight is 214 g/mol. The van der Waals surface area contributed by atoms with Gasteiger partial charge in [-0.15, -0.1) is 0 Å². The number of primary amides is 1. The predicted octanol–water partition coefficient (Wildman–Crippen LogP) is -0.397. The Bertz CT molecular complexity index is 247. The van der Waals surface area contributed by atoms with Gasteiger partial charge in [-0.05, 0) is 0 Å². The van der Waals surface area contributed by atoms with Crippen LogP contribution in [0.3, 0.4) is 0 Å². The molecule has 1 aliphatic heterocycles. The van der Waals surface area contributed by atoms with Crippen molar-refractivity contribution in [3.63, 3.8) is 0 Å². The summed E-state index contributed by atoms with van der Waals surface area (Å²) in [4.78, 5) is 23.7. The predicted molar refractivity (Wildman–Crippen MR) is 54.9 cm³/mol. The van der Waals surface area contributed by atoms with Crippen LogP contribution in [0, 0.1) is 11.8 Å². The van der Waals surface area contributed by atoms with Gasteiger partial charge in [0, 0.05) is 24.9 Å². The van der Waals surface area contributed by atoms with Crippen molar-refractivity contribution in [3.8, 4) is 0 Å². The number of carbonyl (C=O) groups is 2. The fourth-order valence-corrected chi connectivity index (χ4v) is 1.55. The van der Waals surface area contributed by atoms with Crippen LogP contribution in [0.1, 0.15) is 13.8 Å². The maximum atomic E-state index is 11.5. The van der Waals surface area contributed by atoms with E-state index in [1.54, 1.807) is 0 Å². The molecule has 0 bridgehead atoms. The van der Waals surface area contributed by atoms with E-state index in [4.69, 9.17) is 10.5 Å². The molecule has 0 saturated carbocycles. The van der Waals surface area contributed by atoms with Crippen LogP contribution in [0.15, 0.2) is 0 Å². The van der Waals surface area contributed by atoms with E-state index in [9.17, 15) is 9.59 Å². The minimum Gasteiger partial charge on any atom is -0.371 e. The highest BCUT2D eigenvalue weighted by Crippen LogP contribution is 2.18. The van der Waals surface area contributed by atoms with Gasteiger partial charge < -0.3 is 15.4 Å². The first-order valence-corrected chi connectivity index (χ1v) is 5.15. The van der Waals surface area contributed by atoms with Gasteiger partial charge >= 0.3 is 0 Å². The van der Waals surface area contributed by atoms with Gasteiger partial charge in [0.15, 0.2) is 0 Å². The highest BCUT2D eigenvalue weighted by Gasteiger charge is 2.31. The number of hydrogen-bond donors (Lipinski definition) is 1. The van der Waals surface area contributed by atoms with Crippen molar-refractivity contribution in [2.75, 3.05) is 26.3 Å². The van der Waals surface area contributed by atoms with E-state index < -0.39 is 5.91 Å². The van der Waals surface area contributed by atoms with Gasteiger partial charge in [-0.1, -0.05) is 13.8 Å². The highest BCUT2D eigenvalue weighted by atomic mass is 16.5. The summed E-state index contributed by atoms with van der Waals surface area (Å²) in [7, 11) is 0. The van der Waals surface area contributed by atoms with Crippen LogP contribution < -0.4 is 5.73 Å². The van der Waals surface area contributed by atoms with Gasteiger partial charge in [-0.25, -0.2) is 0 Å². The van der Waals surface area contributed by atoms with Crippen molar-refractivity contribution in [2.45, 2.75) is 13.8 Å². The molecule has 15 heavy (non-hydrogen) atoms. The van der Waals surface area contributed by atoms with E-state index in [0.717, 1.165) is 13.1 Å². The first-order chi connectivity index (χ1) is 7.00. The number of hydrogen-bond acceptors (Lipinski definition) is 3. The zero-order valence-electron chi connectivity index (χ0n) is 9.23. The Kier molecular flexibility index (Phi) is 4.08. The molecule has 5 nitrogen and oxygen atoms in total. The molecule has 1 fully saturated rings. The van der Waals surface area contributed by atoms with Crippen LogP contribution >= 0.6 is 0 Å². The number of nitrogens with zero attached hydrogens (tertiary/aromatic N) is 1. The number of likely N-dealkylation sites (tertiary alicyclic amines) is 1. The maximum Gasteiger partial charge on any atom is 0.243 e. The Labute approximate surface area is 89.6 Å². The number of carbonyl (C=O) groups excluding carboxylic acids is 2. The van der Waals surface area contributed by atoms with Crippen LogP contribution in [0.4, 0.5) is 0 Å². The zero-order valence-corrected chi connectivity index (χ0v) is 9.23. The fraction of sp³-hybridized carbons (Fsp3) is 0.800. The highest BCUT2D eigenvalue weighted by molar-refractivity contribution is 5.78. The van der Waals surface area contributed by atoms with E-state index in [1.165, 1.54) is 0 Å². The number of nitrogens with two attached hydrogens (primary N) is 1. The fourth-order valence-electron chi connectivity index (χ4n) is 1.55. The molecule has 5 heteroatoms. The molecule has 2 amide bonds. The standard InChI is InChI=1S/C10H18N2O3/c1-7(2)10(14)12-3-8(4-12)5-15-6-9(11)13/h7-8H,3-6H2,1-2H3,(H2,11,13). The lowest BCUT2D eigenvalue weighted by Crippen LogP contribution is -2.53. The molecule has 0 aromatic carbocycles. The molecule has 0 aliphatic carbocycles. The third-order valence-corrected chi connectivity index (χ3v) is 2.36. The first kappa shape index (κ1) is 12.0. The summed E-state index contributed by atoms with van der Waals surface area (Å²) in [5.41, 5.74) is 4.92. The van der Waals surface area contributed by atoms with Gasteiger partial charge in [0.25, 0.3) is 0 Å². The topological polar surface area (TPSA) is 72.6 Å². The molecule has 0 radical (unpaired) electrons. The van der Waals surface area contributed by atoms with Crippen LogP contribution in [0.2, 0.25) is 0 Å². The normalized spacial score (nSPS) is 16.6. The largest absolute Gasteiger partial charge is 0.371 e. The Morgan fingerprint density at radius 3 is 2.53 bits per heavy atom. The SMILES string of the molecule is CC(C)C(=O)N1CC(COCC(N)=O)C1. The molecule has 1 aliphatic rings. The number of amides is 2. The summed E-state index contributed by atoms with van der Waals surface area (Å²) in [6.07, 6.45) is 0. The van der Waals surface area contributed by atoms with Gasteiger partial charge in [-0.2, -0.15) is 0 Å². The average Bonchev–Trinajstić information content (AvgIpc) is 2.07. The Balaban J connectivity index is 2.10. The second-order valence-electron chi connectivity index (χ2n) is 4.25. The molecule has 1 heterocycles. The Morgan fingerprint density at radius 1 is 1.47 bits per heavy atom. The molecule has 0 spiro atoms. The summed E-state index contributed by atoms with van der Waals surface area (Å²) in [5.74, 6) is 0.134. The van der Waals surface area contributed by atoms with E-state index in [0.29, 0.717) is 12.5 Å². The molecule has 2 N–H and O–H groups in total. The van der Waals surface area contributed by atoms with E-state index in [1.807, 2.05) is 18.7 Å². The Morgan fingerprint density at radius 2 is 2.07 bits per heavy atom. The minimum atomic E-state index is -0.454. The van der Waals surface area contributed by atoms with Crippen molar-refractivity contribution in [2.24, 2.45) is 17.6 Å².